The van der Waals surface area contributed by atoms with E-state index in [4.69, 9.17) is 28.9 Å². The number of halogens is 2. The van der Waals surface area contributed by atoms with E-state index in [1.54, 1.807) is 18.6 Å². The van der Waals surface area contributed by atoms with Crippen molar-refractivity contribution in [2.45, 2.75) is 33.0 Å². The highest BCUT2D eigenvalue weighted by Gasteiger charge is 2.27. The Balaban J connectivity index is 2.23. The van der Waals surface area contributed by atoms with Crippen LogP contribution in [-0.2, 0) is 17.9 Å². The Morgan fingerprint density at radius 1 is 1.38 bits per heavy atom. The molecule has 24 heavy (non-hydrogen) atoms. The van der Waals surface area contributed by atoms with Gasteiger partial charge in [0.25, 0.3) is 0 Å². The van der Waals surface area contributed by atoms with Crippen LogP contribution in [0.15, 0.2) is 36.9 Å². The number of nitrogens with zero attached hydrogens (tertiary/aromatic N) is 3. The van der Waals surface area contributed by atoms with Gasteiger partial charge in [0.05, 0.1) is 22.4 Å². The van der Waals surface area contributed by atoms with Gasteiger partial charge in [0, 0.05) is 32.0 Å². The van der Waals surface area contributed by atoms with Gasteiger partial charge in [-0.25, -0.2) is 4.98 Å². The summed E-state index contributed by atoms with van der Waals surface area (Å²) in [5.74, 6) is -0.253. The van der Waals surface area contributed by atoms with Crippen LogP contribution in [0.3, 0.4) is 0 Å². The molecule has 0 aliphatic rings. The number of hydrogen-bond donors (Lipinski definition) is 1. The van der Waals surface area contributed by atoms with Crippen molar-refractivity contribution >= 4 is 29.1 Å². The van der Waals surface area contributed by atoms with Gasteiger partial charge < -0.3 is 10.3 Å². The summed E-state index contributed by atoms with van der Waals surface area (Å²) in [6.07, 6.45) is 5.37. The number of carbonyl (C=O) groups is 1. The maximum atomic E-state index is 12.0. The fraction of sp³-hybridized carbons (Fsp3) is 0.412. The summed E-state index contributed by atoms with van der Waals surface area (Å²) in [6, 6.07) is 5.13. The summed E-state index contributed by atoms with van der Waals surface area (Å²) in [6.45, 7) is 5.82. The van der Waals surface area contributed by atoms with Gasteiger partial charge in [-0.05, 0) is 17.5 Å². The fourth-order valence-corrected chi connectivity index (χ4v) is 3.18. The zero-order valence-electron chi connectivity index (χ0n) is 13.8. The van der Waals surface area contributed by atoms with E-state index in [-0.39, 0.29) is 17.9 Å². The lowest BCUT2D eigenvalue weighted by atomic mass is 10.0. The van der Waals surface area contributed by atoms with Gasteiger partial charge in [-0.15, -0.1) is 0 Å². The molecular weight excluding hydrogens is 347 g/mol. The molecule has 0 saturated heterocycles. The first-order chi connectivity index (χ1) is 11.4. The number of imidazole rings is 1. The summed E-state index contributed by atoms with van der Waals surface area (Å²) in [5.41, 5.74) is 6.53. The molecule has 2 rings (SSSR count). The Morgan fingerprint density at radius 3 is 2.71 bits per heavy atom. The van der Waals surface area contributed by atoms with Crippen LogP contribution in [0.2, 0.25) is 10.0 Å². The van der Waals surface area contributed by atoms with Crippen LogP contribution in [0.1, 0.15) is 19.4 Å². The smallest absolute Gasteiger partial charge is 0.235 e. The molecule has 7 heteroatoms. The molecule has 1 amide bonds. The first kappa shape index (κ1) is 18.8. The molecule has 2 N–H and O–H groups in total. The lowest BCUT2D eigenvalue weighted by molar-refractivity contribution is -0.125. The minimum absolute atomic E-state index is 0.0863. The number of aromatic nitrogens is 2. The minimum atomic E-state index is -0.386. The molecule has 5 nitrogen and oxygen atoms in total. The highest BCUT2D eigenvalue weighted by atomic mass is 35.5. The Bertz CT molecular complexity index is 673. The van der Waals surface area contributed by atoms with E-state index >= 15 is 0 Å². The van der Waals surface area contributed by atoms with Crippen LogP contribution in [0.5, 0.6) is 0 Å². The highest BCUT2D eigenvalue weighted by molar-refractivity contribution is 6.42. The molecule has 0 aliphatic heterocycles. The lowest BCUT2D eigenvalue weighted by Crippen LogP contribution is -2.48. The zero-order chi connectivity index (χ0) is 17.7. The van der Waals surface area contributed by atoms with Gasteiger partial charge >= 0.3 is 0 Å². The topological polar surface area (TPSA) is 64.2 Å². The maximum absolute atomic E-state index is 12.0. The molecule has 0 saturated carbocycles. The molecule has 0 radical (unpaired) electrons. The van der Waals surface area contributed by atoms with Crippen molar-refractivity contribution in [2.24, 2.45) is 11.7 Å². The standard InChI is InChI=1S/C17H22Cl2N4O/c1-12(2)16(17(20)24)23(9-8-22-7-6-21-11-22)10-13-4-3-5-14(18)15(13)19/h3-7,11-12,16H,8-10H2,1-2H3,(H2,20,24). The lowest BCUT2D eigenvalue weighted by Gasteiger charge is -2.32. The second-order valence-corrected chi connectivity index (χ2v) is 6.86. The molecule has 0 aliphatic carbocycles. The summed E-state index contributed by atoms with van der Waals surface area (Å²) in [5, 5.41) is 1.02. The van der Waals surface area contributed by atoms with Crippen LogP contribution in [0.4, 0.5) is 0 Å². The average Bonchev–Trinajstić information content (AvgIpc) is 3.02. The van der Waals surface area contributed by atoms with Crippen LogP contribution < -0.4 is 5.73 Å². The van der Waals surface area contributed by atoms with Gasteiger partial charge in [0.15, 0.2) is 0 Å². The number of benzene rings is 1. The normalized spacial score (nSPS) is 12.8. The molecule has 0 fully saturated rings. The van der Waals surface area contributed by atoms with Gasteiger partial charge in [-0.2, -0.15) is 0 Å². The molecule has 1 heterocycles. The highest BCUT2D eigenvalue weighted by Crippen LogP contribution is 2.27. The van der Waals surface area contributed by atoms with E-state index in [0.717, 1.165) is 5.56 Å². The van der Waals surface area contributed by atoms with Crippen LogP contribution in [0.25, 0.3) is 0 Å². The SMILES string of the molecule is CC(C)C(C(N)=O)N(CCn1ccnc1)Cc1cccc(Cl)c1Cl. The van der Waals surface area contributed by atoms with Crippen molar-refractivity contribution < 1.29 is 4.79 Å². The minimum Gasteiger partial charge on any atom is -0.368 e. The number of hydrogen-bond acceptors (Lipinski definition) is 3. The van der Waals surface area contributed by atoms with Crippen LogP contribution in [0, 0.1) is 5.92 Å². The van der Waals surface area contributed by atoms with Crippen molar-refractivity contribution in [3.63, 3.8) is 0 Å². The molecule has 1 aromatic heterocycles. The number of primary amides is 1. The van der Waals surface area contributed by atoms with E-state index in [9.17, 15) is 4.79 Å². The summed E-state index contributed by atoms with van der Waals surface area (Å²) in [7, 11) is 0. The van der Waals surface area contributed by atoms with E-state index in [2.05, 4.69) is 4.98 Å². The summed E-state index contributed by atoms with van der Waals surface area (Å²) >= 11 is 12.4. The Morgan fingerprint density at radius 2 is 2.12 bits per heavy atom. The molecule has 1 atom stereocenters. The van der Waals surface area contributed by atoms with Crippen LogP contribution >= 0.6 is 23.2 Å². The monoisotopic (exact) mass is 368 g/mol. The maximum Gasteiger partial charge on any atom is 0.235 e. The Kier molecular flexibility index (Phi) is 6.66. The molecule has 0 bridgehead atoms. The van der Waals surface area contributed by atoms with Gasteiger partial charge in [0.2, 0.25) is 5.91 Å². The third kappa shape index (κ3) is 4.72. The first-order valence-corrected chi connectivity index (χ1v) is 8.57. The second-order valence-electron chi connectivity index (χ2n) is 6.08. The number of amides is 1. The second kappa shape index (κ2) is 8.51. The average molecular weight is 369 g/mol. The van der Waals surface area contributed by atoms with Gasteiger partial charge in [0.1, 0.15) is 0 Å². The largest absolute Gasteiger partial charge is 0.368 e. The fourth-order valence-electron chi connectivity index (χ4n) is 2.80. The molecular formula is C17H22Cl2N4O. The van der Waals surface area contributed by atoms with E-state index < -0.39 is 0 Å². The van der Waals surface area contributed by atoms with Crippen molar-refractivity contribution in [3.8, 4) is 0 Å². The van der Waals surface area contributed by atoms with E-state index in [0.29, 0.717) is 29.7 Å². The number of rotatable bonds is 8. The Labute approximate surface area is 152 Å². The predicted octanol–water partition coefficient (Wildman–Crippen LogP) is 3.20. The first-order valence-electron chi connectivity index (χ1n) is 7.82. The number of carbonyl (C=O) groups excluding carboxylic acids is 1. The summed E-state index contributed by atoms with van der Waals surface area (Å²) < 4.78 is 1.96. The van der Waals surface area contributed by atoms with Crippen molar-refractivity contribution in [1.29, 1.82) is 0 Å². The zero-order valence-corrected chi connectivity index (χ0v) is 15.3. The van der Waals surface area contributed by atoms with Crippen LogP contribution in [-0.4, -0.2) is 32.9 Å². The summed E-state index contributed by atoms with van der Waals surface area (Å²) in [4.78, 5) is 18.1. The Hall–Kier alpha value is -1.56. The third-order valence-corrected chi connectivity index (χ3v) is 4.78. The number of nitrogens with two attached hydrogens (primary N) is 1. The third-order valence-electron chi connectivity index (χ3n) is 3.93. The van der Waals surface area contributed by atoms with Gasteiger partial charge in [-0.3, -0.25) is 9.69 Å². The molecule has 130 valence electrons. The van der Waals surface area contributed by atoms with Crippen molar-refractivity contribution in [2.75, 3.05) is 6.54 Å². The van der Waals surface area contributed by atoms with Crippen molar-refractivity contribution in [1.82, 2.24) is 14.5 Å². The molecule has 1 unspecified atom stereocenters. The van der Waals surface area contributed by atoms with E-state index in [1.165, 1.54) is 0 Å². The molecule has 0 spiro atoms. The van der Waals surface area contributed by atoms with E-state index in [1.807, 2.05) is 41.6 Å². The van der Waals surface area contributed by atoms with Crippen molar-refractivity contribution in [3.05, 3.63) is 52.5 Å². The predicted molar refractivity (Wildman–Crippen MR) is 96.9 cm³/mol. The molecule has 2 aromatic rings. The quantitative estimate of drug-likeness (QED) is 0.777. The molecule has 1 aromatic carbocycles. The van der Waals surface area contributed by atoms with Gasteiger partial charge in [-0.1, -0.05) is 49.2 Å².